The van der Waals surface area contributed by atoms with E-state index in [-0.39, 0.29) is 11.8 Å². The van der Waals surface area contributed by atoms with Gasteiger partial charge >= 0.3 is 5.97 Å². The number of benzene rings is 1. The van der Waals surface area contributed by atoms with E-state index in [1.54, 1.807) is 18.2 Å². The van der Waals surface area contributed by atoms with Crippen LogP contribution in [0.5, 0.6) is 0 Å². The molecule has 0 heterocycles. The molecule has 19 heavy (non-hydrogen) atoms. The summed E-state index contributed by atoms with van der Waals surface area (Å²) in [4.78, 5) is 23.6. The van der Waals surface area contributed by atoms with E-state index in [1.807, 2.05) is 13.0 Å². The van der Waals surface area contributed by atoms with Crippen LogP contribution in [0.1, 0.15) is 25.8 Å². The molecule has 0 bridgehead atoms. The van der Waals surface area contributed by atoms with Crippen molar-refractivity contribution in [2.75, 3.05) is 0 Å². The summed E-state index contributed by atoms with van der Waals surface area (Å²) < 4.78 is 0.784. The predicted molar refractivity (Wildman–Crippen MR) is 74.5 cm³/mol. The van der Waals surface area contributed by atoms with Crippen molar-refractivity contribution in [2.24, 2.45) is 11.8 Å². The van der Waals surface area contributed by atoms with Gasteiger partial charge in [0.25, 0.3) is 0 Å². The summed E-state index contributed by atoms with van der Waals surface area (Å²) in [7, 11) is 0. The second-order valence-corrected chi connectivity index (χ2v) is 6.16. The summed E-state index contributed by atoms with van der Waals surface area (Å²) >= 11 is 3.32. The Labute approximate surface area is 120 Å². The van der Waals surface area contributed by atoms with E-state index in [0.717, 1.165) is 10.9 Å². The number of rotatable bonds is 4. The van der Waals surface area contributed by atoms with Crippen LogP contribution < -0.4 is 5.32 Å². The van der Waals surface area contributed by atoms with Crippen LogP contribution in [-0.4, -0.2) is 17.0 Å². The van der Waals surface area contributed by atoms with Gasteiger partial charge < -0.3 is 10.4 Å². The molecular weight excluding hydrogens is 310 g/mol. The largest absolute Gasteiger partial charge is 0.479 e. The molecule has 2 N–H and O–H groups in total. The molecule has 0 saturated heterocycles. The van der Waals surface area contributed by atoms with Gasteiger partial charge in [0.05, 0.1) is 0 Å². The number of halogens is 1. The summed E-state index contributed by atoms with van der Waals surface area (Å²) in [6.45, 7) is 3.50. The number of aliphatic carboxylic acids is 1. The highest BCUT2D eigenvalue weighted by atomic mass is 79.9. The van der Waals surface area contributed by atoms with E-state index in [9.17, 15) is 14.7 Å². The summed E-state index contributed by atoms with van der Waals surface area (Å²) in [5.74, 6) is -0.948. The lowest BCUT2D eigenvalue weighted by molar-refractivity contribution is -0.147. The van der Waals surface area contributed by atoms with Crippen molar-refractivity contribution in [3.8, 4) is 0 Å². The molecule has 1 aromatic carbocycles. The zero-order valence-corrected chi connectivity index (χ0v) is 12.4. The number of hydrogen-bond acceptors (Lipinski definition) is 2. The Morgan fingerprint density at radius 1 is 1.47 bits per heavy atom. The van der Waals surface area contributed by atoms with Crippen LogP contribution in [0.3, 0.4) is 0 Å². The smallest absolute Gasteiger partial charge is 0.333 e. The zero-order chi connectivity index (χ0) is 14.2. The Hall–Kier alpha value is -1.36. The molecule has 1 aliphatic rings. The Morgan fingerprint density at radius 3 is 2.58 bits per heavy atom. The second-order valence-electron chi connectivity index (χ2n) is 5.25. The fourth-order valence-corrected chi connectivity index (χ4v) is 2.47. The van der Waals surface area contributed by atoms with E-state index in [2.05, 4.69) is 21.2 Å². The van der Waals surface area contributed by atoms with Crippen LogP contribution in [-0.2, 0) is 15.1 Å². The molecule has 4 nitrogen and oxygen atoms in total. The van der Waals surface area contributed by atoms with E-state index in [1.165, 1.54) is 6.92 Å². The normalized spacial score (nSPS) is 24.4. The second kappa shape index (κ2) is 4.96. The van der Waals surface area contributed by atoms with Gasteiger partial charge in [-0.1, -0.05) is 35.0 Å². The number of carbonyl (C=O) groups is 2. The molecule has 0 aromatic heterocycles. The fraction of sp³-hybridized carbons (Fsp3) is 0.429. The van der Waals surface area contributed by atoms with Gasteiger partial charge in [0.2, 0.25) is 5.91 Å². The van der Waals surface area contributed by atoms with Crippen molar-refractivity contribution in [3.63, 3.8) is 0 Å². The monoisotopic (exact) mass is 325 g/mol. The van der Waals surface area contributed by atoms with Crippen molar-refractivity contribution in [2.45, 2.75) is 25.8 Å². The first kappa shape index (κ1) is 14.1. The highest BCUT2D eigenvalue weighted by Gasteiger charge is 2.44. The molecule has 3 unspecified atom stereocenters. The number of nitrogens with one attached hydrogen (secondary N) is 1. The van der Waals surface area contributed by atoms with Crippen LogP contribution >= 0.6 is 15.9 Å². The van der Waals surface area contributed by atoms with Gasteiger partial charge in [0.1, 0.15) is 0 Å². The van der Waals surface area contributed by atoms with Crippen LogP contribution in [0.4, 0.5) is 0 Å². The first-order chi connectivity index (χ1) is 8.84. The van der Waals surface area contributed by atoms with Gasteiger partial charge in [-0.25, -0.2) is 4.79 Å². The summed E-state index contributed by atoms with van der Waals surface area (Å²) in [5.41, 5.74) is -0.848. The van der Waals surface area contributed by atoms with Crippen molar-refractivity contribution < 1.29 is 14.7 Å². The highest BCUT2D eigenvalue weighted by Crippen LogP contribution is 2.38. The molecule has 1 fully saturated rings. The van der Waals surface area contributed by atoms with Crippen LogP contribution in [0, 0.1) is 11.8 Å². The molecule has 102 valence electrons. The number of carboxylic acid groups (broad SMARTS) is 1. The van der Waals surface area contributed by atoms with Crippen molar-refractivity contribution in [3.05, 3.63) is 34.3 Å². The molecule has 5 heteroatoms. The molecule has 1 saturated carbocycles. The molecular formula is C14H16BrNO3. The SMILES string of the molecule is CC1CC1C(=O)NC(C)(C(=O)O)c1cccc(Br)c1. The minimum Gasteiger partial charge on any atom is -0.479 e. The standard InChI is InChI=1S/C14H16BrNO3/c1-8-6-11(8)12(17)16-14(2,13(18)19)9-4-3-5-10(15)7-9/h3-5,7-8,11H,6H2,1-2H3,(H,16,17)(H,18,19). The highest BCUT2D eigenvalue weighted by molar-refractivity contribution is 9.10. The zero-order valence-electron chi connectivity index (χ0n) is 10.8. The average molecular weight is 326 g/mol. The molecule has 0 radical (unpaired) electrons. The van der Waals surface area contributed by atoms with Gasteiger partial charge in [0, 0.05) is 10.4 Å². The van der Waals surface area contributed by atoms with Gasteiger partial charge in [0.15, 0.2) is 5.54 Å². The maximum absolute atomic E-state index is 12.0. The molecule has 1 aliphatic carbocycles. The topological polar surface area (TPSA) is 66.4 Å². The van der Waals surface area contributed by atoms with E-state index >= 15 is 0 Å². The minimum atomic E-state index is -1.40. The van der Waals surface area contributed by atoms with Crippen LogP contribution in [0.15, 0.2) is 28.7 Å². The third-order valence-electron chi connectivity index (χ3n) is 3.65. The lowest BCUT2D eigenvalue weighted by Crippen LogP contribution is -2.50. The molecule has 3 atom stereocenters. The van der Waals surface area contributed by atoms with E-state index in [0.29, 0.717) is 11.5 Å². The Morgan fingerprint density at radius 2 is 2.11 bits per heavy atom. The van der Waals surface area contributed by atoms with Crippen molar-refractivity contribution in [1.29, 1.82) is 0 Å². The molecule has 1 aromatic rings. The quantitative estimate of drug-likeness (QED) is 0.893. The lowest BCUT2D eigenvalue weighted by atomic mass is 9.92. The number of carbonyl (C=O) groups excluding carboxylic acids is 1. The molecule has 2 rings (SSSR count). The lowest BCUT2D eigenvalue weighted by Gasteiger charge is -2.27. The number of hydrogen-bond donors (Lipinski definition) is 2. The number of amides is 1. The van der Waals surface area contributed by atoms with E-state index in [4.69, 9.17) is 0 Å². The maximum Gasteiger partial charge on any atom is 0.333 e. The predicted octanol–water partition coefficient (Wildman–Crippen LogP) is 2.52. The summed E-state index contributed by atoms with van der Waals surface area (Å²) in [6, 6.07) is 6.99. The third kappa shape index (κ3) is 2.81. The van der Waals surface area contributed by atoms with Crippen molar-refractivity contribution in [1.82, 2.24) is 5.32 Å². The van der Waals surface area contributed by atoms with Gasteiger partial charge in [-0.2, -0.15) is 0 Å². The summed E-state index contributed by atoms with van der Waals surface area (Å²) in [6.07, 6.45) is 0.833. The third-order valence-corrected chi connectivity index (χ3v) is 4.14. The fourth-order valence-electron chi connectivity index (χ4n) is 2.08. The summed E-state index contributed by atoms with van der Waals surface area (Å²) in [5, 5.41) is 12.1. The Kier molecular flexibility index (Phi) is 3.67. The Bertz CT molecular complexity index is 531. The van der Waals surface area contributed by atoms with Crippen molar-refractivity contribution >= 4 is 27.8 Å². The molecule has 0 spiro atoms. The van der Waals surface area contributed by atoms with Gasteiger partial charge in [-0.15, -0.1) is 0 Å². The minimum absolute atomic E-state index is 0.0502. The van der Waals surface area contributed by atoms with E-state index < -0.39 is 11.5 Å². The van der Waals surface area contributed by atoms with Crippen LogP contribution in [0.25, 0.3) is 0 Å². The molecule has 1 amide bonds. The van der Waals surface area contributed by atoms with Gasteiger partial charge in [-0.05, 0) is 37.0 Å². The average Bonchev–Trinajstić information content (AvgIpc) is 3.06. The Balaban J connectivity index is 2.27. The maximum atomic E-state index is 12.0. The van der Waals surface area contributed by atoms with Crippen LogP contribution in [0.2, 0.25) is 0 Å². The van der Waals surface area contributed by atoms with Gasteiger partial charge in [-0.3, -0.25) is 4.79 Å². The molecule has 0 aliphatic heterocycles. The first-order valence-corrected chi connectivity index (χ1v) is 6.95. The first-order valence-electron chi connectivity index (χ1n) is 6.16. The number of carboxylic acids is 1.